The molecule has 0 saturated heterocycles. The zero-order valence-electron chi connectivity index (χ0n) is 12.1. The number of nitriles is 1. The summed E-state index contributed by atoms with van der Waals surface area (Å²) in [7, 11) is 1.92. The quantitative estimate of drug-likeness (QED) is 0.209. The minimum absolute atomic E-state index is 0.0179. The Hall–Kier alpha value is -2.55. The number of ether oxygens (including phenoxy) is 1. The molecule has 0 unspecified atom stereocenters. The molecule has 6 heteroatoms. The predicted molar refractivity (Wildman–Crippen MR) is 83.0 cm³/mol. The summed E-state index contributed by atoms with van der Waals surface area (Å²) in [6, 6.07) is 3.33. The fraction of sp³-hybridized carbons (Fsp3) is 0.200. The highest BCUT2D eigenvalue weighted by Crippen LogP contribution is 2.18. The van der Waals surface area contributed by atoms with E-state index >= 15 is 0 Å². The number of halogens is 1. The summed E-state index contributed by atoms with van der Waals surface area (Å²) in [5.41, 5.74) is 2.60. The average molecular weight is 286 g/mol. The molecular formula is C15H16BFN2O2. The number of hydrogen-bond donors (Lipinski definition) is 1. The van der Waals surface area contributed by atoms with Gasteiger partial charge in [0.25, 0.3) is 0 Å². The van der Waals surface area contributed by atoms with Gasteiger partial charge in [-0.3, -0.25) is 4.79 Å². The summed E-state index contributed by atoms with van der Waals surface area (Å²) < 4.78 is 16.9. The standard InChI is InChI=1S/C15H16BFN2O2/c1-10(9-18)15(20)14-8-12(3-5-21-6-4-17)13(19-14)7-11(2)16/h3,5,7-8,19H,1,4,6,16H2,2H3/b5-3+,11-7+. The van der Waals surface area contributed by atoms with Crippen molar-refractivity contribution < 1.29 is 13.9 Å². The van der Waals surface area contributed by atoms with Crippen molar-refractivity contribution in [3.8, 4) is 6.07 Å². The fourth-order valence-electron chi connectivity index (χ4n) is 1.60. The Morgan fingerprint density at radius 3 is 2.95 bits per heavy atom. The molecule has 1 aromatic heterocycles. The highest BCUT2D eigenvalue weighted by atomic mass is 19.1. The molecule has 0 atom stereocenters. The first kappa shape index (κ1) is 16.5. The summed E-state index contributed by atoms with van der Waals surface area (Å²) in [6.07, 6.45) is 4.87. The lowest BCUT2D eigenvalue weighted by Gasteiger charge is -1.96. The van der Waals surface area contributed by atoms with Crippen LogP contribution >= 0.6 is 0 Å². The van der Waals surface area contributed by atoms with Gasteiger partial charge in [-0.15, -0.1) is 5.47 Å². The third-order valence-electron chi connectivity index (χ3n) is 2.51. The molecule has 0 bridgehead atoms. The maximum Gasteiger partial charge on any atom is 0.219 e. The number of allylic oxidation sites excluding steroid dienone is 2. The molecule has 4 nitrogen and oxygen atoms in total. The van der Waals surface area contributed by atoms with Crippen molar-refractivity contribution >= 4 is 25.8 Å². The highest BCUT2D eigenvalue weighted by Gasteiger charge is 2.14. The molecule has 0 amide bonds. The molecule has 1 rings (SSSR count). The Kier molecular flexibility index (Phi) is 6.21. The lowest BCUT2D eigenvalue weighted by atomic mass is 9.96. The first-order valence-electron chi connectivity index (χ1n) is 6.35. The van der Waals surface area contributed by atoms with Crippen LogP contribution in [-0.2, 0) is 4.74 Å². The van der Waals surface area contributed by atoms with Gasteiger partial charge in [0.2, 0.25) is 5.78 Å². The van der Waals surface area contributed by atoms with Crippen molar-refractivity contribution in [2.24, 2.45) is 0 Å². The van der Waals surface area contributed by atoms with Gasteiger partial charge in [-0.05, 0) is 18.2 Å². The highest BCUT2D eigenvalue weighted by molar-refractivity contribution is 6.23. The van der Waals surface area contributed by atoms with E-state index < -0.39 is 12.5 Å². The van der Waals surface area contributed by atoms with E-state index in [9.17, 15) is 9.18 Å². The van der Waals surface area contributed by atoms with Crippen molar-refractivity contribution in [2.75, 3.05) is 13.3 Å². The van der Waals surface area contributed by atoms with E-state index in [1.807, 2.05) is 20.8 Å². The van der Waals surface area contributed by atoms with E-state index in [0.717, 1.165) is 5.47 Å². The van der Waals surface area contributed by atoms with Crippen LogP contribution in [0.5, 0.6) is 0 Å². The molecule has 0 aliphatic heterocycles. The van der Waals surface area contributed by atoms with Crippen LogP contribution in [0.2, 0.25) is 0 Å². The van der Waals surface area contributed by atoms with Crippen molar-refractivity contribution in [3.63, 3.8) is 0 Å². The second kappa shape index (κ2) is 7.90. The number of rotatable bonds is 7. The van der Waals surface area contributed by atoms with Gasteiger partial charge in [0.05, 0.1) is 17.5 Å². The molecule has 0 radical (unpaired) electrons. The Morgan fingerprint density at radius 2 is 2.38 bits per heavy atom. The SMILES string of the molecule is B/C(C)=C/c1[nH]c(C(=O)C(=C)C#N)cc1/C=C/OCCF. The van der Waals surface area contributed by atoms with E-state index in [0.29, 0.717) is 11.3 Å². The van der Waals surface area contributed by atoms with E-state index in [-0.39, 0.29) is 17.9 Å². The summed E-state index contributed by atoms with van der Waals surface area (Å²) in [4.78, 5) is 14.9. The minimum atomic E-state index is -0.565. The smallest absolute Gasteiger partial charge is 0.219 e. The first-order valence-corrected chi connectivity index (χ1v) is 6.35. The Labute approximate surface area is 124 Å². The van der Waals surface area contributed by atoms with Gasteiger partial charge >= 0.3 is 0 Å². The molecule has 0 spiro atoms. The van der Waals surface area contributed by atoms with Crippen LogP contribution in [0.15, 0.2) is 30.0 Å². The number of aromatic nitrogens is 1. The van der Waals surface area contributed by atoms with E-state index in [4.69, 9.17) is 10.00 Å². The Morgan fingerprint density at radius 1 is 1.67 bits per heavy atom. The topological polar surface area (TPSA) is 65.9 Å². The number of Topliss-reactive ketones (excluding diaryl/α,β-unsaturated/α-hetero) is 1. The fourth-order valence-corrected chi connectivity index (χ4v) is 1.60. The van der Waals surface area contributed by atoms with Crippen molar-refractivity contribution in [1.82, 2.24) is 4.98 Å². The lowest BCUT2D eigenvalue weighted by molar-refractivity contribution is 0.103. The Balaban J connectivity index is 3.11. The number of hydrogen-bond acceptors (Lipinski definition) is 3. The van der Waals surface area contributed by atoms with Crippen LogP contribution in [-0.4, -0.2) is 31.9 Å². The van der Waals surface area contributed by atoms with Crippen molar-refractivity contribution in [1.29, 1.82) is 5.26 Å². The van der Waals surface area contributed by atoms with Crippen LogP contribution in [0.3, 0.4) is 0 Å². The number of ketones is 1. The first-order chi connectivity index (χ1) is 9.99. The molecule has 0 aromatic carbocycles. The van der Waals surface area contributed by atoms with Gasteiger partial charge in [0, 0.05) is 11.3 Å². The molecule has 0 aliphatic rings. The number of nitrogens with one attached hydrogen (secondary N) is 1. The number of nitrogens with zero attached hydrogens (tertiary/aromatic N) is 1. The summed E-state index contributed by atoms with van der Waals surface area (Å²) in [6.45, 7) is 4.74. The normalized spacial score (nSPS) is 11.4. The molecule has 0 aliphatic carbocycles. The van der Waals surface area contributed by atoms with Crippen molar-refractivity contribution in [2.45, 2.75) is 6.92 Å². The van der Waals surface area contributed by atoms with Gasteiger partial charge in [0.1, 0.15) is 27.2 Å². The molecule has 21 heavy (non-hydrogen) atoms. The second-order valence-corrected chi connectivity index (χ2v) is 4.56. The zero-order chi connectivity index (χ0) is 15.8. The number of H-pyrrole nitrogens is 1. The van der Waals surface area contributed by atoms with E-state index in [1.54, 1.807) is 18.2 Å². The maximum atomic E-state index is 11.9. The van der Waals surface area contributed by atoms with Crippen LogP contribution in [0, 0.1) is 11.3 Å². The average Bonchev–Trinajstić information content (AvgIpc) is 2.84. The predicted octanol–water partition coefficient (Wildman–Crippen LogP) is 2.23. The third-order valence-corrected chi connectivity index (χ3v) is 2.51. The van der Waals surface area contributed by atoms with E-state index in [2.05, 4.69) is 11.6 Å². The zero-order valence-corrected chi connectivity index (χ0v) is 12.1. The molecule has 1 aromatic rings. The summed E-state index contributed by atoms with van der Waals surface area (Å²) in [5, 5.41) is 8.72. The maximum absolute atomic E-state index is 11.9. The molecule has 0 fully saturated rings. The summed E-state index contributed by atoms with van der Waals surface area (Å²) in [5.74, 6) is -0.453. The van der Waals surface area contributed by atoms with Gasteiger partial charge in [-0.1, -0.05) is 13.5 Å². The van der Waals surface area contributed by atoms with E-state index in [1.165, 1.54) is 6.26 Å². The van der Waals surface area contributed by atoms with Gasteiger partial charge in [0.15, 0.2) is 0 Å². The molecular weight excluding hydrogens is 270 g/mol. The van der Waals surface area contributed by atoms with Crippen LogP contribution in [0.25, 0.3) is 12.2 Å². The van der Waals surface area contributed by atoms with Crippen molar-refractivity contribution in [3.05, 3.63) is 46.9 Å². The molecule has 108 valence electrons. The number of carbonyl (C=O) groups excluding carboxylic acids is 1. The van der Waals surface area contributed by atoms with Gasteiger partial charge in [-0.2, -0.15) is 5.26 Å². The number of alkyl halides is 1. The van der Waals surface area contributed by atoms with Crippen LogP contribution in [0.4, 0.5) is 4.39 Å². The second-order valence-electron chi connectivity index (χ2n) is 4.56. The summed E-state index contributed by atoms with van der Waals surface area (Å²) >= 11 is 0. The monoisotopic (exact) mass is 286 g/mol. The lowest BCUT2D eigenvalue weighted by Crippen LogP contribution is -2.00. The number of aromatic amines is 1. The van der Waals surface area contributed by atoms with Crippen LogP contribution < -0.4 is 0 Å². The van der Waals surface area contributed by atoms with Crippen LogP contribution in [0.1, 0.15) is 28.7 Å². The molecule has 1 N–H and O–H groups in total. The Bertz CT molecular complexity index is 635. The third kappa shape index (κ3) is 4.81. The minimum Gasteiger partial charge on any atom is -0.498 e. The molecule has 1 heterocycles. The number of carbonyl (C=O) groups is 1. The van der Waals surface area contributed by atoms with Gasteiger partial charge in [-0.25, -0.2) is 4.39 Å². The molecule has 0 saturated carbocycles. The van der Waals surface area contributed by atoms with Gasteiger partial charge < -0.3 is 9.72 Å². The largest absolute Gasteiger partial charge is 0.498 e.